The number of hydrogen-bond donors (Lipinski definition) is 0. The highest BCUT2D eigenvalue weighted by atomic mass is 32.2. The van der Waals surface area contributed by atoms with E-state index in [1.54, 1.807) is 18.7 Å². The van der Waals surface area contributed by atoms with Gasteiger partial charge in [-0.25, -0.2) is 4.98 Å². The summed E-state index contributed by atoms with van der Waals surface area (Å²) in [4.78, 5) is 8.33. The van der Waals surface area contributed by atoms with Crippen molar-refractivity contribution in [3.05, 3.63) is 48.3 Å². The van der Waals surface area contributed by atoms with Crippen molar-refractivity contribution in [2.45, 2.75) is 6.10 Å². The molecule has 0 saturated carbocycles. The summed E-state index contributed by atoms with van der Waals surface area (Å²) in [5.41, 5.74) is 1.72. The van der Waals surface area contributed by atoms with Gasteiger partial charge in [-0.1, -0.05) is 18.0 Å². The molecule has 0 spiro atoms. The fraction of sp³-hybridized carbons (Fsp3) is 0.200. The standard InChI is InChI=1S/C10H11BN3OS/c1-14-6-9(13-7-14)10(15-16-11)8-3-2-4-12-5-8/h2-7,10-11H,1H3/i11T. The molecule has 81 valence electrons. The number of aryl methyl sites for hydroxylation is 1. The predicted octanol–water partition coefficient (Wildman–Crippen LogP) is 1.39. The monoisotopic (exact) mass is 234 g/mol. The van der Waals surface area contributed by atoms with Gasteiger partial charge in [-0.05, 0) is 7.40 Å². The van der Waals surface area contributed by atoms with Gasteiger partial charge in [0.05, 0.1) is 12.0 Å². The van der Waals surface area contributed by atoms with E-state index in [9.17, 15) is 0 Å². The molecule has 0 aromatic carbocycles. The van der Waals surface area contributed by atoms with Gasteiger partial charge in [0.1, 0.15) is 6.10 Å². The van der Waals surface area contributed by atoms with Crippen LogP contribution in [0.1, 0.15) is 17.4 Å². The van der Waals surface area contributed by atoms with Crippen LogP contribution in [0.2, 0.25) is 0 Å². The molecule has 1 unspecified atom stereocenters. The van der Waals surface area contributed by atoms with Crippen molar-refractivity contribution in [1.29, 1.82) is 1.34 Å². The molecule has 0 fully saturated rings. The van der Waals surface area contributed by atoms with E-state index in [1.807, 2.05) is 29.9 Å². The van der Waals surface area contributed by atoms with Crippen molar-refractivity contribution >= 4 is 19.0 Å². The third-order valence-electron chi connectivity index (χ3n) is 2.13. The van der Waals surface area contributed by atoms with E-state index in [1.165, 1.54) is 0 Å². The second-order valence-electron chi connectivity index (χ2n) is 3.32. The molecule has 1 radical (unpaired) electrons. The van der Waals surface area contributed by atoms with Crippen LogP contribution in [0.15, 0.2) is 37.1 Å². The maximum atomic E-state index is 7.00. The highest BCUT2D eigenvalue weighted by molar-refractivity contribution is 8.15. The summed E-state index contributed by atoms with van der Waals surface area (Å²) in [5.74, 6) is 0. The normalized spacial score (nSPS) is 13.2. The zero-order valence-corrected chi connectivity index (χ0v) is 9.59. The summed E-state index contributed by atoms with van der Waals surface area (Å²) in [6, 6.07) is 3.78. The van der Waals surface area contributed by atoms with Crippen molar-refractivity contribution in [1.82, 2.24) is 14.5 Å². The molecule has 2 aromatic heterocycles. The van der Waals surface area contributed by atoms with Crippen molar-refractivity contribution in [3.8, 4) is 0 Å². The van der Waals surface area contributed by atoms with E-state index in [-0.39, 0.29) is 6.10 Å². The lowest BCUT2D eigenvalue weighted by Crippen LogP contribution is -2.03. The average Bonchev–Trinajstić information content (AvgIpc) is 2.78. The van der Waals surface area contributed by atoms with Gasteiger partial charge in [-0.3, -0.25) is 4.98 Å². The quantitative estimate of drug-likeness (QED) is 0.578. The Balaban J connectivity index is 2.25. The van der Waals surface area contributed by atoms with Crippen molar-refractivity contribution < 1.29 is 4.18 Å². The number of imidazole rings is 1. The first-order valence-electron chi connectivity index (χ1n) is 5.29. The fourth-order valence-electron chi connectivity index (χ4n) is 1.43. The zero-order valence-electron chi connectivity index (χ0n) is 9.78. The Kier molecular flexibility index (Phi) is 3.21. The smallest absolute Gasteiger partial charge is 0.209 e. The third-order valence-corrected chi connectivity index (χ3v) is 2.44. The lowest BCUT2D eigenvalue weighted by Gasteiger charge is -2.13. The van der Waals surface area contributed by atoms with Crippen LogP contribution in [0.3, 0.4) is 0 Å². The molecule has 0 bridgehead atoms. The van der Waals surface area contributed by atoms with Crippen LogP contribution in [0, 0.1) is 0 Å². The summed E-state index contributed by atoms with van der Waals surface area (Å²) in [6.45, 7) is 0. The van der Waals surface area contributed by atoms with E-state index in [0.29, 0.717) is 0 Å². The minimum absolute atomic E-state index is 0.309. The topological polar surface area (TPSA) is 39.9 Å². The van der Waals surface area contributed by atoms with E-state index < -0.39 is 0 Å². The molecule has 2 heterocycles. The third kappa shape index (κ3) is 2.45. The Bertz CT molecular complexity index is 468. The molecule has 0 aliphatic heterocycles. The fourth-order valence-corrected chi connectivity index (χ4v) is 1.75. The Hall–Kier alpha value is -1.27. The maximum Gasteiger partial charge on any atom is 0.209 e. The van der Waals surface area contributed by atoms with Crippen molar-refractivity contribution in [2.75, 3.05) is 0 Å². The minimum atomic E-state index is -0.309. The molecular weight excluding hydrogens is 221 g/mol. The Morgan fingerprint density at radius 1 is 1.69 bits per heavy atom. The van der Waals surface area contributed by atoms with Crippen LogP contribution >= 0.6 is 11.9 Å². The van der Waals surface area contributed by atoms with Crippen molar-refractivity contribution in [2.24, 2.45) is 7.05 Å². The number of nitrogens with zero attached hydrogens (tertiary/aromatic N) is 3. The van der Waals surface area contributed by atoms with Crippen LogP contribution < -0.4 is 0 Å². The molecule has 0 aliphatic rings. The number of aromatic nitrogens is 3. The van der Waals surface area contributed by atoms with Crippen LogP contribution in [0.25, 0.3) is 0 Å². The van der Waals surface area contributed by atoms with Gasteiger partial charge >= 0.3 is 0 Å². The zero-order chi connectivity index (χ0) is 12.1. The molecular formula is C10H11BN3OS. The van der Waals surface area contributed by atoms with Crippen LogP contribution in [-0.4, -0.2) is 23.0 Å². The molecule has 0 aliphatic carbocycles. The summed E-state index contributed by atoms with van der Waals surface area (Å²) in [5, 5.41) is 0. The maximum absolute atomic E-state index is 7.00. The minimum Gasteiger partial charge on any atom is -0.340 e. The van der Waals surface area contributed by atoms with Crippen LogP contribution in [-0.2, 0) is 11.2 Å². The molecule has 0 N–H and O–H groups in total. The second-order valence-corrected chi connectivity index (χ2v) is 3.71. The highest BCUT2D eigenvalue weighted by Crippen LogP contribution is 2.26. The largest absolute Gasteiger partial charge is 0.340 e. The number of rotatable bonds is 5. The molecule has 16 heavy (non-hydrogen) atoms. The highest BCUT2D eigenvalue weighted by Gasteiger charge is 2.17. The summed E-state index contributed by atoms with van der Waals surface area (Å²) in [6.07, 6.45) is 6.75. The second kappa shape index (κ2) is 5.18. The summed E-state index contributed by atoms with van der Waals surface area (Å²) in [7, 11) is 3.05. The first-order valence-corrected chi connectivity index (χ1v) is 5.51. The Morgan fingerprint density at radius 2 is 2.62 bits per heavy atom. The van der Waals surface area contributed by atoms with Gasteiger partial charge in [0.15, 0.2) is 0 Å². The summed E-state index contributed by atoms with van der Waals surface area (Å²) < 4.78 is 14.4. The van der Waals surface area contributed by atoms with Gasteiger partial charge in [0, 0.05) is 31.2 Å². The molecule has 1 atom stereocenters. The lowest BCUT2D eigenvalue weighted by atomic mass is 10.1. The van der Waals surface area contributed by atoms with Crippen LogP contribution in [0.5, 0.6) is 0 Å². The van der Waals surface area contributed by atoms with Gasteiger partial charge in [-0.15, -0.1) is 0 Å². The van der Waals surface area contributed by atoms with Gasteiger partial charge < -0.3 is 8.75 Å². The first kappa shape index (κ1) is 9.93. The average molecular weight is 234 g/mol. The van der Waals surface area contributed by atoms with E-state index >= 15 is 0 Å². The van der Waals surface area contributed by atoms with E-state index in [4.69, 9.17) is 5.52 Å². The predicted molar refractivity (Wildman–Crippen MR) is 65.1 cm³/mol. The molecule has 6 heteroatoms. The molecule has 0 amide bonds. The Labute approximate surface area is 101 Å². The van der Waals surface area contributed by atoms with Crippen LogP contribution in [0.4, 0.5) is 0 Å². The lowest BCUT2D eigenvalue weighted by molar-refractivity contribution is 0.294. The number of hydrogen-bond acceptors (Lipinski definition) is 4. The molecule has 2 aromatic rings. The molecule has 4 nitrogen and oxygen atoms in total. The first-order chi connectivity index (χ1) is 8.31. The molecule has 0 saturated heterocycles. The van der Waals surface area contributed by atoms with Gasteiger partial charge in [0.25, 0.3) is 0 Å². The summed E-state index contributed by atoms with van der Waals surface area (Å²) >= 11 is 0.980. The van der Waals surface area contributed by atoms with E-state index in [0.717, 1.165) is 30.2 Å². The van der Waals surface area contributed by atoms with Crippen molar-refractivity contribution in [3.63, 3.8) is 0 Å². The van der Waals surface area contributed by atoms with Gasteiger partial charge in [0.2, 0.25) is 7.09 Å². The number of pyridine rings is 1. The van der Waals surface area contributed by atoms with E-state index in [2.05, 4.69) is 9.97 Å². The SMILES string of the molecule is [3H][B]SOC(c1cccnc1)c1cn(C)cn1. The Morgan fingerprint density at radius 3 is 3.25 bits per heavy atom. The van der Waals surface area contributed by atoms with Gasteiger partial charge in [-0.2, -0.15) is 0 Å². The molecule has 2 rings (SSSR count).